The SMILES string of the molecule is CSc1ccc(Cl)c(C(=O)NC2CC(c3ccncc3)NN2)c1. The summed E-state index contributed by atoms with van der Waals surface area (Å²) in [6.45, 7) is 0. The highest BCUT2D eigenvalue weighted by Gasteiger charge is 2.26. The first-order valence-electron chi connectivity index (χ1n) is 7.23. The lowest BCUT2D eigenvalue weighted by molar-refractivity contribution is 0.0932. The Morgan fingerprint density at radius 2 is 2.09 bits per heavy atom. The Hall–Kier alpha value is -1.60. The van der Waals surface area contributed by atoms with Crippen LogP contribution in [0.3, 0.4) is 0 Å². The van der Waals surface area contributed by atoms with E-state index in [-0.39, 0.29) is 18.1 Å². The monoisotopic (exact) mass is 348 g/mol. The minimum atomic E-state index is -0.180. The van der Waals surface area contributed by atoms with Crippen LogP contribution in [0.5, 0.6) is 0 Å². The molecule has 0 aliphatic carbocycles. The number of hydrazine groups is 1. The van der Waals surface area contributed by atoms with E-state index >= 15 is 0 Å². The lowest BCUT2D eigenvalue weighted by atomic mass is 10.1. The van der Waals surface area contributed by atoms with E-state index in [1.807, 2.05) is 30.5 Å². The van der Waals surface area contributed by atoms with E-state index in [0.717, 1.165) is 16.9 Å². The molecular weight excluding hydrogens is 332 g/mol. The minimum Gasteiger partial charge on any atom is -0.335 e. The zero-order chi connectivity index (χ0) is 16.2. The number of thioether (sulfide) groups is 1. The molecule has 23 heavy (non-hydrogen) atoms. The molecule has 2 heterocycles. The number of hydrogen-bond donors (Lipinski definition) is 3. The van der Waals surface area contributed by atoms with Crippen molar-refractivity contribution >= 4 is 29.3 Å². The second-order valence-electron chi connectivity index (χ2n) is 5.23. The third-order valence-electron chi connectivity index (χ3n) is 3.74. The van der Waals surface area contributed by atoms with Crippen LogP contribution in [-0.2, 0) is 0 Å². The van der Waals surface area contributed by atoms with Gasteiger partial charge in [0.1, 0.15) is 0 Å². The Morgan fingerprint density at radius 3 is 2.83 bits per heavy atom. The molecule has 2 aromatic rings. The maximum atomic E-state index is 12.5. The number of pyridine rings is 1. The second kappa shape index (κ2) is 7.31. The number of halogens is 1. The van der Waals surface area contributed by atoms with Crippen LogP contribution in [0.2, 0.25) is 5.02 Å². The lowest BCUT2D eigenvalue weighted by Crippen LogP contribution is -2.44. The molecule has 5 nitrogen and oxygen atoms in total. The number of nitrogens with one attached hydrogen (secondary N) is 3. The van der Waals surface area contributed by atoms with Crippen LogP contribution < -0.4 is 16.2 Å². The molecule has 2 unspecified atom stereocenters. The molecule has 1 fully saturated rings. The number of benzene rings is 1. The van der Waals surface area contributed by atoms with Gasteiger partial charge in [-0.1, -0.05) is 11.6 Å². The summed E-state index contributed by atoms with van der Waals surface area (Å²) >= 11 is 7.72. The molecule has 1 amide bonds. The predicted molar refractivity (Wildman–Crippen MR) is 92.4 cm³/mol. The van der Waals surface area contributed by atoms with E-state index in [0.29, 0.717) is 10.6 Å². The number of amides is 1. The molecule has 7 heteroatoms. The molecule has 3 rings (SSSR count). The zero-order valence-electron chi connectivity index (χ0n) is 12.5. The molecule has 3 N–H and O–H groups in total. The van der Waals surface area contributed by atoms with Crippen molar-refractivity contribution in [3.63, 3.8) is 0 Å². The molecular formula is C16H17ClN4OS. The molecule has 0 spiro atoms. The Labute approximate surface area is 144 Å². The third kappa shape index (κ3) is 3.84. The number of rotatable bonds is 4. The van der Waals surface area contributed by atoms with Gasteiger partial charge in [0.05, 0.1) is 16.8 Å². The fourth-order valence-corrected chi connectivity index (χ4v) is 3.15. The Morgan fingerprint density at radius 1 is 1.30 bits per heavy atom. The Kier molecular flexibility index (Phi) is 5.17. The summed E-state index contributed by atoms with van der Waals surface area (Å²) in [5.41, 5.74) is 7.92. The highest BCUT2D eigenvalue weighted by atomic mass is 35.5. The molecule has 1 aliphatic heterocycles. The third-order valence-corrected chi connectivity index (χ3v) is 4.79. The summed E-state index contributed by atoms with van der Waals surface area (Å²) in [6, 6.07) is 9.52. The van der Waals surface area contributed by atoms with Crippen LogP contribution in [0.15, 0.2) is 47.6 Å². The first-order chi connectivity index (χ1) is 11.2. The van der Waals surface area contributed by atoms with Gasteiger partial charge in [-0.15, -0.1) is 11.8 Å². The van der Waals surface area contributed by atoms with Gasteiger partial charge in [-0.25, -0.2) is 10.9 Å². The summed E-state index contributed by atoms with van der Waals surface area (Å²) in [4.78, 5) is 17.5. The van der Waals surface area contributed by atoms with E-state index < -0.39 is 0 Å². The van der Waals surface area contributed by atoms with E-state index in [9.17, 15) is 4.79 Å². The van der Waals surface area contributed by atoms with Gasteiger partial charge in [0, 0.05) is 29.8 Å². The molecule has 0 bridgehead atoms. The van der Waals surface area contributed by atoms with Crippen molar-refractivity contribution in [2.45, 2.75) is 23.5 Å². The van der Waals surface area contributed by atoms with Gasteiger partial charge in [-0.2, -0.15) is 0 Å². The maximum absolute atomic E-state index is 12.5. The van der Waals surface area contributed by atoms with Crippen molar-refractivity contribution in [2.75, 3.05) is 6.26 Å². The van der Waals surface area contributed by atoms with E-state index in [2.05, 4.69) is 21.2 Å². The topological polar surface area (TPSA) is 66.0 Å². The zero-order valence-corrected chi connectivity index (χ0v) is 14.1. The van der Waals surface area contributed by atoms with Crippen LogP contribution in [0, 0.1) is 0 Å². The van der Waals surface area contributed by atoms with Gasteiger partial charge in [0.25, 0.3) is 5.91 Å². The van der Waals surface area contributed by atoms with Crippen LogP contribution >= 0.6 is 23.4 Å². The standard InChI is InChI=1S/C16H17ClN4OS/c1-23-11-2-3-13(17)12(8-11)16(22)19-15-9-14(20-21-15)10-4-6-18-7-5-10/h2-8,14-15,20-21H,9H2,1H3,(H,19,22). The smallest absolute Gasteiger partial charge is 0.254 e. The highest BCUT2D eigenvalue weighted by Crippen LogP contribution is 2.24. The lowest BCUT2D eigenvalue weighted by Gasteiger charge is -2.13. The fourth-order valence-electron chi connectivity index (χ4n) is 2.51. The molecule has 1 aromatic heterocycles. The predicted octanol–water partition coefficient (Wildman–Crippen LogP) is 2.75. The normalized spacial score (nSPS) is 20.4. The molecule has 0 radical (unpaired) electrons. The van der Waals surface area contributed by atoms with E-state index in [1.165, 1.54) is 0 Å². The number of nitrogens with zero attached hydrogens (tertiary/aromatic N) is 1. The Balaban J connectivity index is 1.65. The van der Waals surface area contributed by atoms with Gasteiger partial charge in [0.15, 0.2) is 0 Å². The summed E-state index contributed by atoms with van der Waals surface area (Å²) in [7, 11) is 0. The molecule has 1 saturated heterocycles. The molecule has 2 atom stereocenters. The average Bonchev–Trinajstić information content (AvgIpc) is 3.04. The summed E-state index contributed by atoms with van der Waals surface area (Å²) in [6.07, 6.45) is 6.07. The number of carbonyl (C=O) groups excluding carboxylic acids is 1. The summed E-state index contributed by atoms with van der Waals surface area (Å²) < 4.78 is 0. The van der Waals surface area contributed by atoms with Crippen molar-refractivity contribution in [3.8, 4) is 0 Å². The summed E-state index contributed by atoms with van der Waals surface area (Å²) in [5, 5.41) is 3.42. The fraction of sp³-hybridized carbons (Fsp3) is 0.250. The highest BCUT2D eigenvalue weighted by molar-refractivity contribution is 7.98. The average molecular weight is 349 g/mol. The van der Waals surface area contributed by atoms with Crippen molar-refractivity contribution in [1.82, 2.24) is 21.2 Å². The molecule has 1 aliphatic rings. The quantitative estimate of drug-likeness (QED) is 0.741. The van der Waals surface area contributed by atoms with Crippen LogP contribution in [0.1, 0.15) is 28.4 Å². The number of carbonyl (C=O) groups is 1. The van der Waals surface area contributed by atoms with E-state index in [4.69, 9.17) is 11.6 Å². The van der Waals surface area contributed by atoms with Crippen molar-refractivity contribution < 1.29 is 4.79 Å². The van der Waals surface area contributed by atoms with Crippen molar-refractivity contribution in [3.05, 3.63) is 58.9 Å². The van der Waals surface area contributed by atoms with E-state index in [1.54, 1.807) is 30.2 Å². The Bertz CT molecular complexity index is 698. The van der Waals surface area contributed by atoms with Crippen LogP contribution in [0.4, 0.5) is 0 Å². The first kappa shape index (κ1) is 16.3. The molecule has 1 aromatic carbocycles. The van der Waals surface area contributed by atoms with Gasteiger partial charge in [-0.05, 0) is 42.2 Å². The largest absolute Gasteiger partial charge is 0.335 e. The second-order valence-corrected chi connectivity index (χ2v) is 6.52. The molecule has 120 valence electrons. The first-order valence-corrected chi connectivity index (χ1v) is 8.83. The van der Waals surface area contributed by atoms with Crippen LogP contribution in [0.25, 0.3) is 0 Å². The number of aromatic nitrogens is 1. The minimum absolute atomic E-state index is 0.135. The van der Waals surface area contributed by atoms with Crippen molar-refractivity contribution in [2.24, 2.45) is 0 Å². The molecule has 0 saturated carbocycles. The summed E-state index contributed by atoms with van der Waals surface area (Å²) in [5.74, 6) is -0.180. The number of hydrogen-bond acceptors (Lipinski definition) is 5. The van der Waals surface area contributed by atoms with Gasteiger partial charge < -0.3 is 5.32 Å². The van der Waals surface area contributed by atoms with Crippen LogP contribution in [-0.4, -0.2) is 23.3 Å². The van der Waals surface area contributed by atoms with Gasteiger partial charge in [0.2, 0.25) is 0 Å². The van der Waals surface area contributed by atoms with Gasteiger partial charge in [-0.3, -0.25) is 9.78 Å². The maximum Gasteiger partial charge on any atom is 0.254 e. The van der Waals surface area contributed by atoms with Gasteiger partial charge >= 0.3 is 0 Å². The van der Waals surface area contributed by atoms with Crippen molar-refractivity contribution in [1.29, 1.82) is 0 Å².